The SMILES string of the molecule is CN(CCC1CCCN1)c1ccc2c(c1)CCO2. The molecule has 2 aliphatic rings. The number of fused-ring (bicyclic) bond motifs is 1. The van der Waals surface area contributed by atoms with Crippen molar-refractivity contribution in [2.75, 3.05) is 31.6 Å². The fourth-order valence-corrected chi connectivity index (χ4v) is 2.89. The first kappa shape index (κ1) is 11.8. The van der Waals surface area contributed by atoms with Crippen molar-refractivity contribution in [3.8, 4) is 5.75 Å². The number of hydrogen-bond acceptors (Lipinski definition) is 3. The lowest BCUT2D eigenvalue weighted by molar-refractivity contribution is 0.357. The first-order valence-electron chi connectivity index (χ1n) is 7.03. The minimum Gasteiger partial charge on any atom is -0.493 e. The Balaban J connectivity index is 1.59. The highest BCUT2D eigenvalue weighted by Gasteiger charge is 2.16. The molecule has 2 aliphatic heterocycles. The second-order valence-corrected chi connectivity index (χ2v) is 5.39. The summed E-state index contributed by atoms with van der Waals surface area (Å²) in [6, 6.07) is 7.30. The van der Waals surface area contributed by atoms with Crippen molar-refractivity contribution < 1.29 is 4.74 Å². The van der Waals surface area contributed by atoms with Crippen molar-refractivity contribution in [2.45, 2.75) is 31.7 Å². The van der Waals surface area contributed by atoms with Gasteiger partial charge in [0.05, 0.1) is 6.61 Å². The Bertz CT molecular complexity index is 413. The summed E-state index contributed by atoms with van der Waals surface area (Å²) in [5.74, 6) is 1.07. The van der Waals surface area contributed by atoms with E-state index in [4.69, 9.17) is 4.74 Å². The third-order valence-electron chi connectivity index (χ3n) is 4.09. The number of rotatable bonds is 4. The van der Waals surface area contributed by atoms with Crippen LogP contribution in [0.5, 0.6) is 5.75 Å². The van der Waals surface area contributed by atoms with Gasteiger partial charge in [0.25, 0.3) is 0 Å². The summed E-state index contributed by atoms with van der Waals surface area (Å²) in [6.45, 7) is 3.16. The van der Waals surface area contributed by atoms with Crippen LogP contribution in [0.2, 0.25) is 0 Å². The van der Waals surface area contributed by atoms with Gasteiger partial charge >= 0.3 is 0 Å². The van der Waals surface area contributed by atoms with Gasteiger partial charge in [0, 0.05) is 31.7 Å². The van der Waals surface area contributed by atoms with Gasteiger partial charge in [-0.1, -0.05) is 0 Å². The second kappa shape index (κ2) is 5.19. The highest BCUT2D eigenvalue weighted by Crippen LogP contribution is 2.29. The second-order valence-electron chi connectivity index (χ2n) is 5.39. The number of nitrogens with zero attached hydrogens (tertiary/aromatic N) is 1. The number of hydrogen-bond donors (Lipinski definition) is 1. The van der Waals surface area contributed by atoms with Gasteiger partial charge in [0.2, 0.25) is 0 Å². The maximum absolute atomic E-state index is 5.55. The Morgan fingerprint density at radius 2 is 2.39 bits per heavy atom. The van der Waals surface area contributed by atoms with Crippen LogP contribution < -0.4 is 15.0 Å². The lowest BCUT2D eigenvalue weighted by Crippen LogP contribution is -2.28. The fraction of sp³-hybridized carbons (Fsp3) is 0.600. The van der Waals surface area contributed by atoms with Crippen molar-refractivity contribution in [2.24, 2.45) is 0 Å². The standard InChI is InChI=1S/C15H22N2O/c1-17(9-6-13-3-2-8-16-13)14-4-5-15-12(11-14)7-10-18-15/h4-5,11,13,16H,2-3,6-10H2,1H3. The van der Waals surface area contributed by atoms with E-state index in [1.807, 2.05) is 0 Å². The number of anilines is 1. The minimum atomic E-state index is 0.727. The van der Waals surface area contributed by atoms with E-state index in [1.165, 1.54) is 37.1 Å². The molecule has 0 radical (unpaired) electrons. The van der Waals surface area contributed by atoms with Crippen LogP contribution in [0.15, 0.2) is 18.2 Å². The summed E-state index contributed by atoms with van der Waals surface area (Å²) < 4.78 is 5.55. The third kappa shape index (κ3) is 2.46. The Kier molecular flexibility index (Phi) is 3.41. The Morgan fingerprint density at radius 1 is 1.44 bits per heavy atom. The quantitative estimate of drug-likeness (QED) is 0.881. The molecule has 3 nitrogen and oxygen atoms in total. The van der Waals surface area contributed by atoms with Crippen molar-refractivity contribution in [3.63, 3.8) is 0 Å². The van der Waals surface area contributed by atoms with E-state index in [1.54, 1.807) is 0 Å². The third-order valence-corrected chi connectivity index (χ3v) is 4.09. The highest BCUT2D eigenvalue weighted by atomic mass is 16.5. The van der Waals surface area contributed by atoms with Crippen LogP contribution in [-0.4, -0.2) is 32.8 Å². The van der Waals surface area contributed by atoms with Crippen LogP contribution in [0.1, 0.15) is 24.8 Å². The molecule has 3 rings (SSSR count). The molecule has 1 fully saturated rings. The molecule has 1 unspecified atom stereocenters. The van der Waals surface area contributed by atoms with Gasteiger partial charge < -0.3 is 15.0 Å². The Labute approximate surface area is 109 Å². The molecule has 1 aromatic carbocycles. The van der Waals surface area contributed by atoms with Crippen molar-refractivity contribution in [3.05, 3.63) is 23.8 Å². The maximum atomic E-state index is 5.55. The Hall–Kier alpha value is -1.22. The summed E-state index contributed by atoms with van der Waals surface area (Å²) in [5, 5.41) is 3.56. The zero-order chi connectivity index (χ0) is 12.4. The van der Waals surface area contributed by atoms with Crippen LogP contribution >= 0.6 is 0 Å². The van der Waals surface area contributed by atoms with Gasteiger partial charge in [0.15, 0.2) is 0 Å². The van der Waals surface area contributed by atoms with E-state index in [0.29, 0.717) is 0 Å². The van der Waals surface area contributed by atoms with Gasteiger partial charge in [-0.25, -0.2) is 0 Å². The monoisotopic (exact) mass is 246 g/mol. The van der Waals surface area contributed by atoms with Crippen molar-refractivity contribution in [1.82, 2.24) is 5.32 Å². The highest BCUT2D eigenvalue weighted by molar-refractivity contribution is 5.53. The molecule has 1 atom stereocenters. The molecule has 0 saturated carbocycles. The van der Waals surface area contributed by atoms with Crippen molar-refractivity contribution in [1.29, 1.82) is 0 Å². The molecule has 0 aromatic heterocycles. The minimum absolute atomic E-state index is 0.727. The Morgan fingerprint density at radius 3 is 3.22 bits per heavy atom. The average Bonchev–Trinajstić information content (AvgIpc) is 3.05. The lowest BCUT2D eigenvalue weighted by atomic mass is 10.1. The van der Waals surface area contributed by atoms with Crippen LogP contribution in [0.4, 0.5) is 5.69 Å². The van der Waals surface area contributed by atoms with Crippen LogP contribution in [-0.2, 0) is 6.42 Å². The fourth-order valence-electron chi connectivity index (χ4n) is 2.89. The summed E-state index contributed by atoms with van der Waals surface area (Å²) in [6.07, 6.45) is 4.97. The topological polar surface area (TPSA) is 24.5 Å². The molecule has 2 heterocycles. The van der Waals surface area contributed by atoms with E-state index in [-0.39, 0.29) is 0 Å². The molecular weight excluding hydrogens is 224 g/mol. The van der Waals surface area contributed by atoms with E-state index >= 15 is 0 Å². The normalized spacial score (nSPS) is 21.7. The zero-order valence-electron chi connectivity index (χ0n) is 11.1. The molecule has 1 N–H and O–H groups in total. The van der Waals surface area contributed by atoms with Crippen LogP contribution in [0.25, 0.3) is 0 Å². The molecule has 0 amide bonds. The first-order chi connectivity index (χ1) is 8.83. The first-order valence-corrected chi connectivity index (χ1v) is 7.03. The molecule has 0 aliphatic carbocycles. The lowest BCUT2D eigenvalue weighted by Gasteiger charge is -2.22. The molecule has 1 aromatic rings. The molecule has 1 saturated heterocycles. The molecule has 3 heteroatoms. The van der Waals surface area contributed by atoms with E-state index in [2.05, 4.69) is 35.5 Å². The van der Waals surface area contributed by atoms with E-state index in [9.17, 15) is 0 Å². The van der Waals surface area contributed by atoms with Crippen LogP contribution in [0.3, 0.4) is 0 Å². The largest absolute Gasteiger partial charge is 0.493 e. The van der Waals surface area contributed by atoms with Gasteiger partial charge in [-0.2, -0.15) is 0 Å². The predicted molar refractivity (Wildman–Crippen MR) is 74.6 cm³/mol. The average molecular weight is 246 g/mol. The van der Waals surface area contributed by atoms with E-state index in [0.717, 1.165) is 31.4 Å². The smallest absolute Gasteiger partial charge is 0.122 e. The molecule has 98 valence electrons. The number of nitrogens with one attached hydrogen (secondary N) is 1. The zero-order valence-corrected chi connectivity index (χ0v) is 11.1. The molecule has 18 heavy (non-hydrogen) atoms. The predicted octanol–water partition coefficient (Wildman–Crippen LogP) is 2.20. The number of benzene rings is 1. The maximum Gasteiger partial charge on any atom is 0.122 e. The summed E-state index contributed by atoms with van der Waals surface area (Å²) >= 11 is 0. The summed E-state index contributed by atoms with van der Waals surface area (Å²) in [4.78, 5) is 2.36. The van der Waals surface area contributed by atoms with Gasteiger partial charge in [-0.15, -0.1) is 0 Å². The van der Waals surface area contributed by atoms with Gasteiger partial charge in [-0.05, 0) is 49.6 Å². The molecule has 0 spiro atoms. The summed E-state index contributed by atoms with van der Waals surface area (Å²) in [7, 11) is 2.19. The summed E-state index contributed by atoms with van der Waals surface area (Å²) in [5.41, 5.74) is 2.68. The van der Waals surface area contributed by atoms with Crippen LogP contribution in [0, 0.1) is 0 Å². The van der Waals surface area contributed by atoms with Gasteiger partial charge in [0.1, 0.15) is 5.75 Å². The van der Waals surface area contributed by atoms with Gasteiger partial charge in [-0.3, -0.25) is 0 Å². The molecular formula is C15H22N2O. The number of ether oxygens (including phenoxy) is 1. The molecule has 0 bridgehead atoms. The van der Waals surface area contributed by atoms with Crippen molar-refractivity contribution >= 4 is 5.69 Å². The van der Waals surface area contributed by atoms with E-state index < -0.39 is 0 Å².